The van der Waals surface area contributed by atoms with E-state index in [-0.39, 0.29) is 34.6 Å². The molecule has 32 heavy (non-hydrogen) atoms. The fourth-order valence-corrected chi connectivity index (χ4v) is 6.03. The lowest BCUT2D eigenvalue weighted by Crippen LogP contribution is -2.36. The first-order valence-corrected chi connectivity index (χ1v) is 12.4. The van der Waals surface area contributed by atoms with E-state index in [0.717, 1.165) is 24.0 Å². The number of carbonyl (C=O) groups excluding carboxylic acids is 2. The van der Waals surface area contributed by atoms with Crippen LogP contribution in [0.1, 0.15) is 49.7 Å². The molecule has 1 fully saturated rings. The van der Waals surface area contributed by atoms with E-state index in [4.69, 9.17) is 0 Å². The Morgan fingerprint density at radius 1 is 1.03 bits per heavy atom. The van der Waals surface area contributed by atoms with E-state index < -0.39 is 15.7 Å². The molecule has 0 radical (unpaired) electrons. The fourth-order valence-electron chi connectivity index (χ4n) is 4.17. The molecule has 1 aliphatic carbocycles. The van der Waals surface area contributed by atoms with Gasteiger partial charge in [-0.05, 0) is 68.1 Å². The number of benzene rings is 2. The first-order valence-electron chi connectivity index (χ1n) is 10.9. The number of amides is 2. The number of hydrogen-bond acceptors (Lipinski definition) is 5. The van der Waals surface area contributed by atoms with Crippen LogP contribution < -0.4 is 10.3 Å². The van der Waals surface area contributed by atoms with E-state index in [0.29, 0.717) is 24.2 Å². The maximum Gasteiger partial charge on any atom is 0.271 e. The third kappa shape index (κ3) is 4.46. The van der Waals surface area contributed by atoms with Gasteiger partial charge in [0.25, 0.3) is 5.91 Å². The summed E-state index contributed by atoms with van der Waals surface area (Å²) in [6.45, 7) is 3.83. The Balaban J connectivity index is 1.51. The van der Waals surface area contributed by atoms with Gasteiger partial charge in [0.2, 0.25) is 5.91 Å². The van der Waals surface area contributed by atoms with Gasteiger partial charge in [-0.15, -0.1) is 0 Å². The van der Waals surface area contributed by atoms with Crippen LogP contribution >= 0.6 is 0 Å². The minimum atomic E-state index is -3.34. The number of sulfone groups is 1. The maximum atomic E-state index is 12.8. The van der Waals surface area contributed by atoms with Crippen molar-refractivity contribution in [3.63, 3.8) is 0 Å². The van der Waals surface area contributed by atoms with Gasteiger partial charge in [-0.2, -0.15) is 5.10 Å². The van der Waals surface area contributed by atoms with Gasteiger partial charge < -0.3 is 5.32 Å². The number of hydrazone groups is 1. The summed E-state index contributed by atoms with van der Waals surface area (Å²) in [7, 11) is -3.34. The maximum absolute atomic E-state index is 12.8. The van der Waals surface area contributed by atoms with E-state index in [1.54, 1.807) is 12.1 Å². The zero-order valence-corrected chi connectivity index (χ0v) is 19.1. The highest BCUT2D eigenvalue weighted by Gasteiger charge is 2.30. The highest BCUT2D eigenvalue weighted by Crippen LogP contribution is 2.30. The molecule has 1 heterocycles. The highest BCUT2D eigenvalue weighted by atomic mass is 32.2. The number of carbonyl (C=O) groups is 2. The van der Waals surface area contributed by atoms with Crippen LogP contribution in [0.5, 0.6) is 0 Å². The van der Waals surface area contributed by atoms with Gasteiger partial charge in [0.1, 0.15) is 5.71 Å². The van der Waals surface area contributed by atoms with Gasteiger partial charge >= 0.3 is 0 Å². The molecule has 0 aromatic heterocycles. The smallest absolute Gasteiger partial charge is 0.271 e. The van der Waals surface area contributed by atoms with Crippen molar-refractivity contribution in [2.45, 2.75) is 62.5 Å². The normalized spacial score (nSPS) is 17.4. The molecule has 0 spiro atoms. The van der Waals surface area contributed by atoms with Crippen LogP contribution in [0.25, 0.3) is 0 Å². The van der Waals surface area contributed by atoms with Gasteiger partial charge in [0, 0.05) is 18.5 Å². The predicted molar refractivity (Wildman–Crippen MR) is 125 cm³/mol. The van der Waals surface area contributed by atoms with Gasteiger partial charge in [-0.1, -0.05) is 25.0 Å². The van der Waals surface area contributed by atoms with Gasteiger partial charge in [0.05, 0.1) is 15.8 Å². The molecular formula is C24H27N3O4S. The minimum absolute atomic E-state index is 0.156. The minimum Gasteiger partial charge on any atom is -0.321 e. The molecule has 2 aliphatic rings. The Bertz CT molecular complexity index is 1180. The Labute approximate surface area is 188 Å². The second-order valence-corrected chi connectivity index (χ2v) is 10.7. The fraction of sp³-hybridized carbons (Fsp3) is 0.375. The SMILES string of the molecule is Cc1ccc(C)c(N2N=C(C(=O)Nc3ccc(S(=O)(=O)C4CCCC4)cc3)CCC2=O)c1. The van der Waals surface area contributed by atoms with Crippen molar-refractivity contribution in [1.29, 1.82) is 0 Å². The predicted octanol–water partition coefficient (Wildman–Crippen LogP) is 4.14. The second kappa shape index (κ2) is 8.86. The van der Waals surface area contributed by atoms with Crippen molar-refractivity contribution in [3.8, 4) is 0 Å². The first-order chi connectivity index (χ1) is 15.3. The van der Waals surface area contributed by atoms with Crippen LogP contribution in [0, 0.1) is 13.8 Å². The van der Waals surface area contributed by atoms with Crippen LogP contribution in [0.4, 0.5) is 11.4 Å². The molecule has 0 unspecified atom stereocenters. The zero-order chi connectivity index (χ0) is 22.9. The molecule has 168 valence electrons. The lowest BCUT2D eigenvalue weighted by molar-refractivity contribution is -0.118. The molecule has 1 N–H and O–H groups in total. The number of rotatable bonds is 5. The summed E-state index contributed by atoms with van der Waals surface area (Å²) in [6.07, 6.45) is 3.74. The lowest BCUT2D eigenvalue weighted by atomic mass is 10.1. The van der Waals surface area contributed by atoms with E-state index >= 15 is 0 Å². The number of nitrogens with zero attached hydrogens (tertiary/aromatic N) is 2. The van der Waals surface area contributed by atoms with E-state index in [9.17, 15) is 18.0 Å². The Kier molecular flexibility index (Phi) is 6.15. The molecular weight excluding hydrogens is 426 g/mol. The second-order valence-electron chi connectivity index (χ2n) is 8.47. The molecule has 0 saturated heterocycles. The first kappa shape index (κ1) is 22.2. The molecule has 2 aromatic carbocycles. The molecule has 1 aliphatic heterocycles. The average molecular weight is 454 g/mol. The van der Waals surface area contributed by atoms with E-state index in [1.807, 2.05) is 32.0 Å². The van der Waals surface area contributed by atoms with Crippen LogP contribution in [0.3, 0.4) is 0 Å². The third-order valence-corrected chi connectivity index (χ3v) is 8.35. The molecule has 2 amide bonds. The Morgan fingerprint density at radius 3 is 2.41 bits per heavy atom. The van der Waals surface area contributed by atoms with Crippen LogP contribution in [-0.2, 0) is 19.4 Å². The monoisotopic (exact) mass is 453 g/mol. The summed E-state index contributed by atoms with van der Waals surface area (Å²) < 4.78 is 25.4. The quantitative estimate of drug-likeness (QED) is 0.736. The van der Waals surface area contributed by atoms with Gasteiger partial charge in [-0.3, -0.25) is 9.59 Å². The van der Waals surface area contributed by atoms with Crippen molar-refractivity contribution < 1.29 is 18.0 Å². The van der Waals surface area contributed by atoms with E-state index in [1.165, 1.54) is 17.1 Å². The van der Waals surface area contributed by atoms with Crippen LogP contribution in [0.15, 0.2) is 52.5 Å². The molecule has 7 nitrogen and oxygen atoms in total. The summed E-state index contributed by atoms with van der Waals surface area (Å²) in [4.78, 5) is 25.5. The van der Waals surface area contributed by atoms with Crippen molar-refractivity contribution in [2.75, 3.05) is 10.3 Å². The number of aryl methyl sites for hydroxylation is 2. The molecule has 8 heteroatoms. The highest BCUT2D eigenvalue weighted by molar-refractivity contribution is 7.92. The summed E-state index contributed by atoms with van der Waals surface area (Å²) in [5, 5.41) is 8.09. The number of hydrogen-bond donors (Lipinski definition) is 1. The van der Waals surface area contributed by atoms with Crippen molar-refractivity contribution in [1.82, 2.24) is 0 Å². The average Bonchev–Trinajstić information content (AvgIpc) is 3.32. The molecule has 0 atom stereocenters. The van der Waals surface area contributed by atoms with E-state index in [2.05, 4.69) is 10.4 Å². The zero-order valence-electron chi connectivity index (χ0n) is 18.3. The van der Waals surface area contributed by atoms with Crippen LogP contribution in [-0.4, -0.2) is 31.2 Å². The van der Waals surface area contributed by atoms with Crippen LogP contribution in [0.2, 0.25) is 0 Å². The molecule has 1 saturated carbocycles. The van der Waals surface area contributed by atoms with Crippen molar-refractivity contribution in [2.24, 2.45) is 5.10 Å². The topological polar surface area (TPSA) is 95.9 Å². The number of nitrogens with one attached hydrogen (secondary N) is 1. The largest absolute Gasteiger partial charge is 0.321 e. The lowest BCUT2D eigenvalue weighted by Gasteiger charge is -2.24. The van der Waals surface area contributed by atoms with Crippen molar-refractivity contribution >= 4 is 38.7 Å². The summed E-state index contributed by atoms with van der Waals surface area (Å²) in [5.41, 5.74) is 3.30. The summed E-state index contributed by atoms with van der Waals surface area (Å²) in [6, 6.07) is 12.0. The third-order valence-electron chi connectivity index (χ3n) is 6.07. The summed E-state index contributed by atoms with van der Waals surface area (Å²) in [5.74, 6) is -0.559. The Morgan fingerprint density at radius 2 is 1.72 bits per heavy atom. The summed E-state index contributed by atoms with van der Waals surface area (Å²) >= 11 is 0. The molecule has 2 aromatic rings. The molecule has 0 bridgehead atoms. The van der Waals surface area contributed by atoms with Gasteiger partial charge in [-0.25, -0.2) is 13.4 Å². The Hall–Kier alpha value is -3.00. The standard InChI is InChI=1S/C24H27N3O4S/c1-16-7-8-17(2)22(15-16)27-23(28)14-13-21(26-27)24(29)25-18-9-11-20(12-10-18)32(30,31)19-5-3-4-6-19/h7-12,15,19H,3-6,13-14H2,1-2H3,(H,25,29). The number of anilines is 2. The molecule has 4 rings (SSSR count). The van der Waals surface area contributed by atoms with Gasteiger partial charge in [0.15, 0.2) is 9.84 Å². The van der Waals surface area contributed by atoms with Crippen molar-refractivity contribution in [3.05, 3.63) is 53.6 Å².